The van der Waals surface area contributed by atoms with Crippen LogP contribution in [0.2, 0.25) is 0 Å². The largest absolute Gasteiger partial charge is 0.324 e. The fourth-order valence-corrected chi connectivity index (χ4v) is 1.86. The number of aromatic nitrogens is 1. The van der Waals surface area contributed by atoms with Crippen molar-refractivity contribution in [3.05, 3.63) is 23.9 Å². The first kappa shape index (κ1) is 11.1. The third kappa shape index (κ3) is 2.30. The second-order valence-electron chi connectivity index (χ2n) is 3.12. The van der Waals surface area contributed by atoms with Gasteiger partial charge in [0.05, 0.1) is 5.75 Å². The molecule has 14 heavy (non-hydrogen) atoms. The molecule has 0 aliphatic rings. The van der Waals surface area contributed by atoms with Gasteiger partial charge in [-0.25, -0.2) is 13.4 Å². The molecule has 0 bridgehead atoms. The van der Waals surface area contributed by atoms with Crippen LogP contribution in [0.1, 0.15) is 25.5 Å². The van der Waals surface area contributed by atoms with Gasteiger partial charge in [0.15, 0.2) is 14.9 Å². The molecular weight excluding hydrogens is 200 g/mol. The highest BCUT2D eigenvalue weighted by atomic mass is 32.2. The van der Waals surface area contributed by atoms with E-state index in [0.29, 0.717) is 0 Å². The van der Waals surface area contributed by atoms with E-state index in [9.17, 15) is 8.42 Å². The molecule has 1 heterocycles. The van der Waals surface area contributed by atoms with Gasteiger partial charge in [0, 0.05) is 12.2 Å². The molecule has 0 aliphatic carbocycles. The van der Waals surface area contributed by atoms with Crippen LogP contribution in [0.25, 0.3) is 0 Å². The molecule has 0 spiro atoms. The lowest BCUT2D eigenvalue weighted by atomic mass is 10.1. The summed E-state index contributed by atoms with van der Waals surface area (Å²) in [5.74, 6) is 0.0579. The molecule has 0 aliphatic heterocycles. The summed E-state index contributed by atoms with van der Waals surface area (Å²) in [6.07, 6.45) is 1.47. The maximum Gasteiger partial charge on any atom is 0.195 e. The molecule has 5 heteroatoms. The van der Waals surface area contributed by atoms with E-state index in [-0.39, 0.29) is 16.8 Å². The highest BCUT2D eigenvalue weighted by molar-refractivity contribution is 7.91. The molecule has 4 nitrogen and oxygen atoms in total. The average molecular weight is 214 g/mol. The number of rotatable bonds is 3. The average Bonchev–Trinajstić information content (AvgIpc) is 2.18. The number of sulfone groups is 1. The van der Waals surface area contributed by atoms with Crippen molar-refractivity contribution in [3.63, 3.8) is 0 Å². The van der Waals surface area contributed by atoms with E-state index in [4.69, 9.17) is 5.73 Å². The van der Waals surface area contributed by atoms with Gasteiger partial charge in [0.25, 0.3) is 0 Å². The van der Waals surface area contributed by atoms with Gasteiger partial charge in [-0.3, -0.25) is 0 Å². The van der Waals surface area contributed by atoms with Crippen LogP contribution in [-0.4, -0.2) is 19.2 Å². The summed E-state index contributed by atoms with van der Waals surface area (Å²) in [4.78, 5) is 3.82. The number of hydrogen-bond acceptors (Lipinski definition) is 4. The van der Waals surface area contributed by atoms with Crippen LogP contribution in [0.4, 0.5) is 0 Å². The van der Waals surface area contributed by atoms with Gasteiger partial charge in [-0.2, -0.15) is 0 Å². The highest BCUT2D eigenvalue weighted by Gasteiger charge is 2.14. The molecule has 1 aromatic heterocycles. The van der Waals surface area contributed by atoms with E-state index in [0.717, 1.165) is 5.56 Å². The molecule has 0 saturated carbocycles. The molecule has 0 radical (unpaired) electrons. The van der Waals surface area contributed by atoms with E-state index in [1.807, 2.05) is 0 Å². The monoisotopic (exact) mass is 214 g/mol. The lowest BCUT2D eigenvalue weighted by Crippen LogP contribution is -2.10. The fourth-order valence-electron chi connectivity index (χ4n) is 1.03. The summed E-state index contributed by atoms with van der Waals surface area (Å²) in [5.41, 5.74) is 6.43. The van der Waals surface area contributed by atoms with Gasteiger partial charge in [0.1, 0.15) is 0 Å². The van der Waals surface area contributed by atoms with Crippen LogP contribution in [0, 0.1) is 0 Å². The fraction of sp³-hybridized carbons (Fsp3) is 0.444. The van der Waals surface area contributed by atoms with Gasteiger partial charge in [-0.15, -0.1) is 0 Å². The molecule has 0 aromatic carbocycles. The Kier molecular flexibility index (Phi) is 3.23. The summed E-state index contributed by atoms with van der Waals surface area (Å²) in [7, 11) is -3.22. The van der Waals surface area contributed by atoms with Gasteiger partial charge in [-0.1, -0.05) is 6.92 Å². The van der Waals surface area contributed by atoms with Crippen LogP contribution in [-0.2, 0) is 9.84 Å². The molecular formula is C9H14N2O2S. The van der Waals surface area contributed by atoms with E-state index < -0.39 is 9.84 Å². The second kappa shape index (κ2) is 4.06. The van der Waals surface area contributed by atoms with E-state index >= 15 is 0 Å². The third-order valence-corrected chi connectivity index (χ3v) is 3.60. The van der Waals surface area contributed by atoms with Crippen LogP contribution >= 0.6 is 0 Å². The van der Waals surface area contributed by atoms with E-state index in [1.165, 1.54) is 12.3 Å². The minimum atomic E-state index is -3.22. The normalized spacial score (nSPS) is 13.9. The summed E-state index contributed by atoms with van der Waals surface area (Å²) in [6.45, 7) is 3.40. The first-order valence-corrected chi connectivity index (χ1v) is 6.07. The number of nitrogens with zero attached hydrogens (tertiary/aromatic N) is 1. The summed E-state index contributed by atoms with van der Waals surface area (Å²) >= 11 is 0. The Morgan fingerprint density at radius 3 is 2.71 bits per heavy atom. The zero-order valence-electron chi connectivity index (χ0n) is 8.27. The quantitative estimate of drug-likeness (QED) is 0.811. The Morgan fingerprint density at radius 2 is 2.21 bits per heavy atom. The molecule has 1 atom stereocenters. The van der Waals surface area contributed by atoms with Crippen molar-refractivity contribution in [1.82, 2.24) is 4.98 Å². The van der Waals surface area contributed by atoms with Gasteiger partial charge in [-0.05, 0) is 24.6 Å². The Bertz CT molecular complexity index is 413. The summed E-state index contributed by atoms with van der Waals surface area (Å²) in [5, 5.41) is 0.106. The van der Waals surface area contributed by atoms with Crippen LogP contribution in [0.5, 0.6) is 0 Å². The molecule has 1 aromatic rings. The Hall–Kier alpha value is -0.940. The van der Waals surface area contributed by atoms with Crippen molar-refractivity contribution < 1.29 is 8.42 Å². The van der Waals surface area contributed by atoms with Crippen LogP contribution in [0.3, 0.4) is 0 Å². The summed E-state index contributed by atoms with van der Waals surface area (Å²) in [6, 6.07) is 3.08. The third-order valence-electron chi connectivity index (χ3n) is 1.98. The molecule has 0 amide bonds. The van der Waals surface area contributed by atoms with Gasteiger partial charge >= 0.3 is 0 Å². The molecule has 1 rings (SSSR count). The number of hydrogen-bond donors (Lipinski definition) is 1. The number of nitrogens with two attached hydrogens (primary N) is 1. The van der Waals surface area contributed by atoms with Gasteiger partial charge < -0.3 is 5.73 Å². The van der Waals surface area contributed by atoms with Crippen molar-refractivity contribution in [2.75, 3.05) is 5.75 Å². The predicted molar refractivity (Wildman–Crippen MR) is 54.6 cm³/mol. The standard InChI is InChI=1S/C9H14N2O2S/c1-3-14(12,13)9-6-8(7(2)10)4-5-11-9/h4-7H,3,10H2,1-2H3/t7-/m0/s1. The Balaban J connectivity index is 3.19. The zero-order chi connectivity index (χ0) is 10.8. The first-order valence-electron chi connectivity index (χ1n) is 4.41. The van der Waals surface area contributed by atoms with Crippen LogP contribution < -0.4 is 5.73 Å². The highest BCUT2D eigenvalue weighted by Crippen LogP contribution is 2.14. The molecule has 0 fully saturated rings. The lowest BCUT2D eigenvalue weighted by Gasteiger charge is -2.06. The van der Waals surface area contributed by atoms with Crippen molar-refractivity contribution in [1.29, 1.82) is 0 Å². The smallest absolute Gasteiger partial charge is 0.195 e. The van der Waals surface area contributed by atoms with Crippen LogP contribution in [0.15, 0.2) is 23.4 Å². The molecule has 2 N–H and O–H groups in total. The SMILES string of the molecule is CCS(=O)(=O)c1cc([C@H](C)N)ccn1. The Labute approximate surface area is 84.1 Å². The zero-order valence-corrected chi connectivity index (χ0v) is 9.08. The van der Waals surface area contributed by atoms with Crippen molar-refractivity contribution >= 4 is 9.84 Å². The minimum Gasteiger partial charge on any atom is -0.324 e. The summed E-state index contributed by atoms with van der Waals surface area (Å²) < 4.78 is 22.9. The van der Waals surface area contributed by atoms with E-state index in [2.05, 4.69) is 4.98 Å². The van der Waals surface area contributed by atoms with Crippen molar-refractivity contribution in [3.8, 4) is 0 Å². The van der Waals surface area contributed by atoms with Crippen molar-refractivity contribution in [2.45, 2.75) is 24.9 Å². The maximum atomic E-state index is 11.5. The van der Waals surface area contributed by atoms with Gasteiger partial charge in [0.2, 0.25) is 0 Å². The number of pyridine rings is 1. The minimum absolute atomic E-state index is 0.0579. The topological polar surface area (TPSA) is 73.0 Å². The molecule has 0 unspecified atom stereocenters. The van der Waals surface area contributed by atoms with Crippen molar-refractivity contribution in [2.24, 2.45) is 5.73 Å². The molecule has 0 saturated heterocycles. The maximum absolute atomic E-state index is 11.5. The molecule has 78 valence electrons. The van der Waals surface area contributed by atoms with E-state index in [1.54, 1.807) is 19.9 Å². The first-order chi connectivity index (χ1) is 6.47. The lowest BCUT2D eigenvalue weighted by molar-refractivity contribution is 0.593. The Morgan fingerprint density at radius 1 is 1.57 bits per heavy atom. The predicted octanol–water partition coefficient (Wildman–Crippen LogP) is 0.895. The second-order valence-corrected chi connectivity index (χ2v) is 5.34.